The SMILES string of the molecule is CC1CSCCN1C(=O)[C@H](C)N. The van der Waals surface area contributed by atoms with Crippen molar-refractivity contribution in [2.75, 3.05) is 18.1 Å². The number of hydrogen-bond acceptors (Lipinski definition) is 3. The van der Waals surface area contributed by atoms with Crippen molar-refractivity contribution in [1.29, 1.82) is 0 Å². The zero-order chi connectivity index (χ0) is 9.14. The Hall–Kier alpha value is -0.220. The zero-order valence-electron chi connectivity index (χ0n) is 7.62. The Labute approximate surface area is 77.7 Å². The Balaban J connectivity index is 2.53. The molecule has 3 nitrogen and oxygen atoms in total. The van der Waals surface area contributed by atoms with Crippen LogP contribution >= 0.6 is 11.8 Å². The van der Waals surface area contributed by atoms with Gasteiger partial charge in [-0.1, -0.05) is 0 Å². The van der Waals surface area contributed by atoms with Crippen molar-refractivity contribution in [1.82, 2.24) is 4.90 Å². The van der Waals surface area contributed by atoms with Crippen LogP contribution in [-0.4, -0.2) is 40.9 Å². The minimum atomic E-state index is -0.351. The van der Waals surface area contributed by atoms with Crippen LogP contribution < -0.4 is 5.73 Å². The molecule has 2 N–H and O–H groups in total. The van der Waals surface area contributed by atoms with E-state index in [1.165, 1.54) is 0 Å². The third kappa shape index (κ3) is 2.14. The average Bonchev–Trinajstić information content (AvgIpc) is 2.04. The van der Waals surface area contributed by atoms with Gasteiger partial charge in [0.1, 0.15) is 0 Å². The summed E-state index contributed by atoms with van der Waals surface area (Å²) in [5.41, 5.74) is 5.53. The van der Waals surface area contributed by atoms with Crippen LogP contribution in [0, 0.1) is 0 Å². The van der Waals surface area contributed by atoms with E-state index >= 15 is 0 Å². The molecule has 0 saturated carbocycles. The molecule has 0 aliphatic carbocycles. The first-order valence-electron chi connectivity index (χ1n) is 4.26. The van der Waals surface area contributed by atoms with E-state index in [2.05, 4.69) is 6.92 Å². The number of carbonyl (C=O) groups excluding carboxylic acids is 1. The van der Waals surface area contributed by atoms with Crippen molar-refractivity contribution in [2.24, 2.45) is 5.73 Å². The molecule has 4 heteroatoms. The van der Waals surface area contributed by atoms with Gasteiger partial charge in [0.05, 0.1) is 6.04 Å². The van der Waals surface area contributed by atoms with Crippen molar-refractivity contribution >= 4 is 17.7 Å². The molecule has 1 heterocycles. The Kier molecular flexibility index (Phi) is 3.40. The minimum Gasteiger partial charge on any atom is -0.337 e. The third-order valence-electron chi connectivity index (χ3n) is 2.04. The van der Waals surface area contributed by atoms with Gasteiger partial charge in [-0.25, -0.2) is 0 Å². The van der Waals surface area contributed by atoms with E-state index in [9.17, 15) is 4.79 Å². The normalized spacial score (nSPS) is 26.9. The summed E-state index contributed by atoms with van der Waals surface area (Å²) >= 11 is 1.90. The molecule has 0 bridgehead atoms. The minimum absolute atomic E-state index is 0.0859. The summed E-state index contributed by atoms with van der Waals surface area (Å²) in [4.78, 5) is 13.4. The average molecular weight is 188 g/mol. The van der Waals surface area contributed by atoms with Crippen molar-refractivity contribution in [3.63, 3.8) is 0 Å². The van der Waals surface area contributed by atoms with E-state index < -0.39 is 0 Å². The molecule has 0 radical (unpaired) electrons. The number of hydrogen-bond donors (Lipinski definition) is 1. The summed E-state index contributed by atoms with van der Waals surface area (Å²) in [5.74, 6) is 2.17. The van der Waals surface area contributed by atoms with Gasteiger partial charge in [0.2, 0.25) is 5.91 Å². The molecule has 0 aromatic rings. The molecule has 1 saturated heterocycles. The highest BCUT2D eigenvalue weighted by atomic mass is 32.2. The van der Waals surface area contributed by atoms with Gasteiger partial charge in [-0.3, -0.25) is 4.79 Å². The van der Waals surface area contributed by atoms with Crippen LogP contribution in [0.4, 0.5) is 0 Å². The summed E-state index contributed by atoms with van der Waals surface area (Å²) in [6.07, 6.45) is 0. The monoisotopic (exact) mass is 188 g/mol. The third-order valence-corrected chi connectivity index (χ3v) is 3.23. The quantitative estimate of drug-likeness (QED) is 0.643. The maximum Gasteiger partial charge on any atom is 0.239 e. The van der Waals surface area contributed by atoms with Gasteiger partial charge in [0, 0.05) is 24.1 Å². The molecule has 0 aromatic heterocycles. The standard InChI is InChI=1S/C8H16N2OS/c1-6-5-12-4-3-10(6)8(11)7(2)9/h6-7H,3-5,9H2,1-2H3/t6?,7-/m0/s1. The number of nitrogens with zero attached hydrogens (tertiary/aromatic N) is 1. The van der Waals surface area contributed by atoms with Crippen LogP contribution in [0.3, 0.4) is 0 Å². The van der Waals surface area contributed by atoms with Crippen molar-refractivity contribution in [3.05, 3.63) is 0 Å². The Morgan fingerprint density at radius 1 is 1.75 bits per heavy atom. The molecule has 70 valence electrons. The zero-order valence-corrected chi connectivity index (χ0v) is 8.43. The molecule has 1 amide bonds. The predicted molar refractivity (Wildman–Crippen MR) is 52.1 cm³/mol. The van der Waals surface area contributed by atoms with E-state index in [0.717, 1.165) is 18.1 Å². The summed E-state index contributed by atoms with van der Waals surface area (Å²) in [5, 5.41) is 0. The van der Waals surface area contributed by atoms with Crippen LogP contribution in [0.25, 0.3) is 0 Å². The second-order valence-corrected chi connectivity index (χ2v) is 4.39. The molecule has 0 aromatic carbocycles. The van der Waals surface area contributed by atoms with Crippen LogP contribution in [0.2, 0.25) is 0 Å². The second-order valence-electron chi connectivity index (χ2n) is 3.24. The number of rotatable bonds is 1. The van der Waals surface area contributed by atoms with Gasteiger partial charge >= 0.3 is 0 Å². The first-order valence-corrected chi connectivity index (χ1v) is 5.42. The molecule has 12 heavy (non-hydrogen) atoms. The molecular weight excluding hydrogens is 172 g/mol. The van der Waals surface area contributed by atoms with Gasteiger partial charge in [-0.15, -0.1) is 0 Å². The molecule has 1 aliphatic heterocycles. The smallest absolute Gasteiger partial charge is 0.239 e. The largest absolute Gasteiger partial charge is 0.337 e. The van der Waals surface area contributed by atoms with Crippen LogP contribution in [0.15, 0.2) is 0 Å². The summed E-state index contributed by atoms with van der Waals surface area (Å²) in [7, 11) is 0. The van der Waals surface area contributed by atoms with Crippen LogP contribution in [-0.2, 0) is 4.79 Å². The molecule has 0 spiro atoms. The molecule has 1 rings (SSSR count). The maximum atomic E-state index is 11.5. The highest BCUT2D eigenvalue weighted by Gasteiger charge is 2.25. The second kappa shape index (κ2) is 4.14. The lowest BCUT2D eigenvalue weighted by molar-refractivity contribution is -0.133. The first-order chi connectivity index (χ1) is 5.63. The fourth-order valence-corrected chi connectivity index (χ4v) is 2.33. The predicted octanol–water partition coefficient (Wildman–Crippen LogP) is 0.297. The number of nitrogens with two attached hydrogens (primary N) is 1. The molecule has 2 atom stereocenters. The van der Waals surface area contributed by atoms with E-state index in [1.807, 2.05) is 16.7 Å². The van der Waals surface area contributed by atoms with Gasteiger partial charge in [-0.2, -0.15) is 11.8 Å². The first kappa shape index (κ1) is 9.86. The van der Waals surface area contributed by atoms with Gasteiger partial charge in [0.25, 0.3) is 0 Å². The van der Waals surface area contributed by atoms with E-state index in [0.29, 0.717) is 6.04 Å². The van der Waals surface area contributed by atoms with Crippen molar-refractivity contribution in [3.8, 4) is 0 Å². The van der Waals surface area contributed by atoms with Crippen molar-refractivity contribution in [2.45, 2.75) is 25.9 Å². The summed E-state index contributed by atoms with van der Waals surface area (Å²) in [6, 6.07) is -0.00204. The molecular formula is C8H16N2OS. The lowest BCUT2D eigenvalue weighted by atomic mass is 10.2. The van der Waals surface area contributed by atoms with Gasteiger partial charge in [0.15, 0.2) is 0 Å². The van der Waals surface area contributed by atoms with E-state index in [-0.39, 0.29) is 11.9 Å². The summed E-state index contributed by atoms with van der Waals surface area (Å²) < 4.78 is 0. The number of thioether (sulfide) groups is 1. The topological polar surface area (TPSA) is 46.3 Å². The Bertz CT molecular complexity index is 172. The lowest BCUT2D eigenvalue weighted by Crippen LogP contribution is -2.50. The fraction of sp³-hybridized carbons (Fsp3) is 0.875. The molecule has 1 aliphatic rings. The van der Waals surface area contributed by atoms with Gasteiger partial charge < -0.3 is 10.6 Å². The molecule has 1 fully saturated rings. The van der Waals surface area contributed by atoms with Crippen molar-refractivity contribution < 1.29 is 4.79 Å². The molecule has 1 unspecified atom stereocenters. The fourth-order valence-electron chi connectivity index (χ4n) is 1.32. The Morgan fingerprint density at radius 2 is 2.42 bits per heavy atom. The van der Waals surface area contributed by atoms with Crippen LogP contribution in [0.5, 0.6) is 0 Å². The highest BCUT2D eigenvalue weighted by molar-refractivity contribution is 7.99. The van der Waals surface area contributed by atoms with E-state index in [1.54, 1.807) is 6.92 Å². The highest BCUT2D eigenvalue weighted by Crippen LogP contribution is 2.16. The summed E-state index contributed by atoms with van der Waals surface area (Å²) in [6.45, 7) is 4.68. The van der Waals surface area contributed by atoms with Gasteiger partial charge in [-0.05, 0) is 13.8 Å². The number of carbonyl (C=O) groups is 1. The number of amides is 1. The Morgan fingerprint density at radius 3 is 2.92 bits per heavy atom. The van der Waals surface area contributed by atoms with E-state index in [4.69, 9.17) is 5.73 Å². The maximum absolute atomic E-state index is 11.5. The lowest BCUT2D eigenvalue weighted by Gasteiger charge is -2.34. The van der Waals surface area contributed by atoms with Crippen LogP contribution in [0.1, 0.15) is 13.8 Å².